The van der Waals surface area contributed by atoms with Crippen LogP contribution in [0.15, 0.2) is 54.9 Å². The molecule has 2 amide bonds. The Balaban J connectivity index is 1.14. The van der Waals surface area contributed by atoms with Gasteiger partial charge in [-0.25, -0.2) is 4.98 Å². The van der Waals surface area contributed by atoms with Gasteiger partial charge in [0.05, 0.1) is 12.2 Å². The Kier molecular flexibility index (Phi) is 11.6. The van der Waals surface area contributed by atoms with Gasteiger partial charge in [0, 0.05) is 51.3 Å². The van der Waals surface area contributed by atoms with Crippen LogP contribution in [0.3, 0.4) is 0 Å². The second kappa shape index (κ2) is 15.8. The first kappa shape index (κ1) is 35.1. The molecule has 2 fully saturated rings. The van der Waals surface area contributed by atoms with Crippen molar-refractivity contribution >= 4 is 23.3 Å². The van der Waals surface area contributed by atoms with E-state index in [2.05, 4.69) is 20.2 Å². The van der Waals surface area contributed by atoms with Crippen LogP contribution in [0.2, 0.25) is 0 Å². The molecule has 1 aliphatic heterocycles. The highest BCUT2D eigenvalue weighted by atomic mass is 19.4. The van der Waals surface area contributed by atoms with E-state index in [1.807, 2.05) is 30.8 Å². The summed E-state index contributed by atoms with van der Waals surface area (Å²) >= 11 is 0. The lowest BCUT2D eigenvalue weighted by atomic mass is 9.84. The summed E-state index contributed by atoms with van der Waals surface area (Å²) in [6.07, 6.45) is 3.23. The van der Waals surface area contributed by atoms with E-state index in [1.165, 1.54) is 18.5 Å². The van der Waals surface area contributed by atoms with Crippen molar-refractivity contribution in [3.8, 4) is 17.0 Å². The number of anilines is 2. The number of halogens is 3. The monoisotopic (exact) mass is 666 g/mol. The molecule has 1 aromatic heterocycles. The molecular formula is C36H45F3N6O3. The van der Waals surface area contributed by atoms with E-state index in [9.17, 15) is 22.8 Å². The largest absolute Gasteiger partial charge is 0.476 e. The Morgan fingerprint density at radius 2 is 1.69 bits per heavy atom. The summed E-state index contributed by atoms with van der Waals surface area (Å²) in [6, 6.07) is 11.9. The van der Waals surface area contributed by atoms with Crippen LogP contribution in [-0.4, -0.2) is 79.6 Å². The van der Waals surface area contributed by atoms with Gasteiger partial charge in [-0.05, 0) is 81.3 Å². The minimum absolute atomic E-state index is 0.00419. The summed E-state index contributed by atoms with van der Waals surface area (Å²) in [5, 5.41) is 3.15. The number of piperidine rings is 1. The third-order valence-electron chi connectivity index (χ3n) is 9.19. The molecule has 0 bridgehead atoms. The number of ether oxygens (including phenoxy) is 1. The Morgan fingerprint density at radius 1 is 0.979 bits per heavy atom. The van der Waals surface area contributed by atoms with Crippen LogP contribution in [0.5, 0.6) is 5.88 Å². The van der Waals surface area contributed by atoms with Gasteiger partial charge in [-0.1, -0.05) is 36.8 Å². The molecule has 2 heterocycles. The highest BCUT2D eigenvalue weighted by molar-refractivity contribution is 6.01. The molecule has 1 saturated heterocycles. The molecule has 2 aromatic carbocycles. The Labute approximate surface area is 280 Å². The number of nitrogens with zero attached hydrogens (tertiary/aromatic N) is 5. The van der Waals surface area contributed by atoms with Crippen molar-refractivity contribution in [3.63, 3.8) is 0 Å². The summed E-state index contributed by atoms with van der Waals surface area (Å²) in [5.41, 5.74) is 1.51. The zero-order valence-electron chi connectivity index (χ0n) is 27.9. The third kappa shape index (κ3) is 8.44. The van der Waals surface area contributed by atoms with E-state index in [1.54, 1.807) is 24.3 Å². The number of hydrogen-bond donors (Lipinski definition) is 1. The molecule has 0 radical (unpaired) electrons. The number of unbranched alkanes of at least 4 members (excludes halogenated alkanes) is 1. The third-order valence-corrected chi connectivity index (χ3v) is 9.19. The summed E-state index contributed by atoms with van der Waals surface area (Å²) in [5.74, 6) is 0.984. The molecule has 1 N–H and O–H groups in total. The first-order valence-corrected chi connectivity index (χ1v) is 16.8. The molecule has 1 aliphatic carbocycles. The average Bonchev–Trinajstić information content (AvgIpc) is 3.04. The van der Waals surface area contributed by atoms with Gasteiger partial charge in [-0.2, -0.15) is 18.2 Å². The van der Waals surface area contributed by atoms with E-state index in [-0.39, 0.29) is 23.8 Å². The second-order valence-electron chi connectivity index (χ2n) is 12.7. The molecule has 3 aromatic rings. The molecule has 12 heteroatoms. The van der Waals surface area contributed by atoms with Crippen molar-refractivity contribution in [3.05, 3.63) is 66.0 Å². The van der Waals surface area contributed by atoms with E-state index < -0.39 is 11.7 Å². The van der Waals surface area contributed by atoms with Gasteiger partial charge < -0.3 is 24.8 Å². The lowest BCUT2D eigenvalue weighted by Gasteiger charge is -2.34. The minimum Gasteiger partial charge on any atom is -0.476 e. The molecule has 0 spiro atoms. The molecule has 1 saturated carbocycles. The van der Waals surface area contributed by atoms with Crippen molar-refractivity contribution in [1.29, 1.82) is 0 Å². The number of alkyl halides is 3. The van der Waals surface area contributed by atoms with Crippen LogP contribution >= 0.6 is 0 Å². The van der Waals surface area contributed by atoms with Crippen molar-refractivity contribution in [2.75, 3.05) is 56.7 Å². The van der Waals surface area contributed by atoms with Crippen molar-refractivity contribution in [2.45, 2.75) is 64.1 Å². The number of aromatic nitrogens is 2. The number of benzene rings is 2. The van der Waals surface area contributed by atoms with E-state index in [4.69, 9.17) is 4.74 Å². The van der Waals surface area contributed by atoms with Crippen LogP contribution in [0, 0.1) is 5.92 Å². The molecule has 0 atom stereocenters. The predicted molar refractivity (Wildman–Crippen MR) is 180 cm³/mol. The van der Waals surface area contributed by atoms with Crippen molar-refractivity contribution in [1.82, 2.24) is 20.2 Å². The van der Waals surface area contributed by atoms with Crippen LogP contribution < -0.4 is 19.9 Å². The number of amides is 2. The molecule has 9 nitrogen and oxygen atoms in total. The summed E-state index contributed by atoms with van der Waals surface area (Å²) in [7, 11) is 3.80. The number of likely N-dealkylation sites (tertiary alicyclic amines) is 1. The SMILES string of the molecule is CCOc1ncnc(N(C)C)c1N(CCCCN1CCC(NC(=O)c2ccccc2-c2ccc(C(F)(F)F)cc2)CC1)C(=O)C1CCC1. The van der Waals surface area contributed by atoms with Gasteiger partial charge in [0.2, 0.25) is 11.8 Å². The zero-order valence-corrected chi connectivity index (χ0v) is 27.9. The van der Waals surface area contributed by atoms with Gasteiger partial charge >= 0.3 is 6.18 Å². The fourth-order valence-electron chi connectivity index (χ4n) is 6.31. The van der Waals surface area contributed by atoms with E-state index in [0.717, 1.165) is 76.7 Å². The lowest BCUT2D eigenvalue weighted by molar-refractivity contribution is -0.137. The highest BCUT2D eigenvalue weighted by Crippen LogP contribution is 2.38. The first-order chi connectivity index (χ1) is 23.1. The minimum atomic E-state index is -4.42. The van der Waals surface area contributed by atoms with Crippen LogP contribution in [0.4, 0.5) is 24.7 Å². The van der Waals surface area contributed by atoms with Crippen molar-refractivity contribution < 1.29 is 27.5 Å². The Hall–Kier alpha value is -4.19. The maximum Gasteiger partial charge on any atom is 0.416 e. The second-order valence-corrected chi connectivity index (χ2v) is 12.7. The molecular weight excluding hydrogens is 621 g/mol. The predicted octanol–water partition coefficient (Wildman–Crippen LogP) is 6.43. The van der Waals surface area contributed by atoms with Crippen LogP contribution in [0.1, 0.15) is 67.8 Å². The Morgan fingerprint density at radius 3 is 2.31 bits per heavy atom. The fourth-order valence-corrected chi connectivity index (χ4v) is 6.31. The maximum absolute atomic E-state index is 13.6. The normalized spacial score (nSPS) is 15.9. The summed E-state index contributed by atoms with van der Waals surface area (Å²) in [4.78, 5) is 41.9. The molecule has 2 aliphatic rings. The number of hydrogen-bond acceptors (Lipinski definition) is 7. The number of rotatable bonds is 13. The number of carbonyl (C=O) groups excluding carboxylic acids is 2. The summed E-state index contributed by atoms with van der Waals surface area (Å²) < 4.78 is 45.0. The van der Waals surface area contributed by atoms with E-state index >= 15 is 0 Å². The van der Waals surface area contributed by atoms with Gasteiger partial charge in [0.15, 0.2) is 5.82 Å². The molecule has 48 heavy (non-hydrogen) atoms. The van der Waals surface area contributed by atoms with Gasteiger partial charge in [0.25, 0.3) is 5.91 Å². The van der Waals surface area contributed by atoms with Gasteiger partial charge in [-0.3, -0.25) is 9.59 Å². The quantitative estimate of drug-likeness (QED) is 0.210. The zero-order chi connectivity index (χ0) is 34.3. The van der Waals surface area contributed by atoms with Crippen LogP contribution in [0.25, 0.3) is 11.1 Å². The van der Waals surface area contributed by atoms with Crippen molar-refractivity contribution in [2.24, 2.45) is 5.92 Å². The average molecular weight is 667 g/mol. The van der Waals surface area contributed by atoms with E-state index in [0.29, 0.717) is 47.2 Å². The number of carbonyl (C=O) groups is 2. The molecule has 5 rings (SSSR count). The van der Waals surface area contributed by atoms with Gasteiger partial charge in [-0.15, -0.1) is 0 Å². The maximum atomic E-state index is 13.6. The topological polar surface area (TPSA) is 90.9 Å². The summed E-state index contributed by atoms with van der Waals surface area (Å²) in [6.45, 7) is 5.44. The van der Waals surface area contributed by atoms with Gasteiger partial charge in [0.1, 0.15) is 12.0 Å². The lowest BCUT2D eigenvalue weighted by Crippen LogP contribution is -2.45. The molecule has 0 unspecified atom stereocenters. The smallest absolute Gasteiger partial charge is 0.416 e. The van der Waals surface area contributed by atoms with Crippen LogP contribution in [-0.2, 0) is 11.0 Å². The highest BCUT2D eigenvalue weighted by Gasteiger charge is 2.34. The standard InChI is InChI=1S/C36H45F3N6O3/c1-4-48-34-31(32(43(2)3)40-24-41-34)45(35(47)26-10-9-11-26)21-8-7-20-44-22-18-28(19-23-44)42-33(46)30-13-6-5-12-29(30)25-14-16-27(17-15-25)36(37,38)39/h5-6,12-17,24,26,28H,4,7-11,18-23H2,1-3H3,(H,42,46). The number of nitrogens with one attached hydrogen (secondary N) is 1. The first-order valence-electron chi connectivity index (χ1n) is 16.8. The molecule has 258 valence electrons. The fraction of sp³-hybridized carbons (Fsp3) is 0.500. The Bertz CT molecular complexity index is 1540.